The summed E-state index contributed by atoms with van der Waals surface area (Å²) in [6.07, 6.45) is 0.618. The van der Waals surface area contributed by atoms with E-state index < -0.39 is 0 Å². The van der Waals surface area contributed by atoms with Crippen LogP contribution in [0.5, 0.6) is 11.5 Å². The first-order valence-electron chi connectivity index (χ1n) is 7.94. The zero-order valence-electron chi connectivity index (χ0n) is 14.6. The molecule has 1 heterocycles. The zero-order valence-corrected chi connectivity index (χ0v) is 14.6. The maximum absolute atomic E-state index is 12.4. The molecule has 0 spiro atoms. The molecule has 2 rings (SSSR count). The van der Waals surface area contributed by atoms with Crippen molar-refractivity contribution in [3.63, 3.8) is 0 Å². The summed E-state index contributed by atoms with van der Waals surface area (Å²) < 4.78 is 10.6. The van der Waals surface area contributed by atoms with Crippen molar-refractivity contribution < 1.29 is 19.1 Å². The Morgan fingerprint density at radius 3 is 2.46 bits per heavy atom. The molecule has 2 atom stereocenters. The molecule has 0 aliphatic carbocycles. The highest BCUT2D eigenvalue weighted by Gasteiger charge is 2.30. The van der Waals surface area contributed by atoms with E-state index in [1.54, 1.807) is 19.1 Å². The monoisotopic (exact) mass is 335 g/mol. The fraction of sp³-hybridized carbons (Fsp3) is 0.529. The summed E-state index contributed by atoms with van der Waals surface area (Å²) in [6.45, 7) is 4.78. The van der Waals surface area contributed by atoms with Crippen LogP contribution in [0, 0.1) is 12.8 Å². The number of urea groups is 1. The van der Waals surface area contributed by atoms with E-state index in [9.17, 15) is 9.59 Å². The first kappa shape index (κ1) is 17.9. The second-order valence-corrected chi connectivity index (χ2v) is 6.07. The van der Waals surface area contributed by atoms with Crippen molar-refractivity contribution in [2.75, 3.05) is 27.3 Å². The van der Waals surface area contributed by atoms with Crippen LogP contribution in [0.2, 0.25) is 0 Å². The number of benzene rings is 1. The summed E-state index contributed by atoms with van der Waals surface area (Å²) in [5.41, 5.74) is 7.26. The molecule has 1 aliphatic rings. The molecular weight excluding hydrogens is 310 g/mol. The Kier molecular flexibility index (Phi) is 5.54. The van der Waals surface area contributed by atoms with E-state index in [-0.39, 0.29) is 23.9 Å². The van der Waals surface area contributed by atoms with Crippen LogP contribution >= 0.6 is 0 Å². The largest absolute Gasteiger partial charge is 0.493 e. The maximum Gasteiger partial charge on any atom is 0.317 e. The molecule has 0 radical (unpaired) electrons. The van der Waals surface area contributed by atoms with E-state index in [0.29, 0.717) is 31.0 Å². The van der Waals surface area contributed by atoms with E-state index in [0.717, 1.165) is 11.1 Å². The minimum atomic E-state index is -0.353. The van der Waals surface area contributed by atoms with Gasteiger partial charge in [0.05, 0.1) is 26.2 Å². The summed E-state index contributed by atoms with van der Waals surface area (Å²) >= 11 is 0. The van der Waals surface area contributed by atoms with Crippen LogP contribution in [0.1, 0.15) is 30.5 Å². The van der Waals surface area contributed by atoms with Gasteiger partial charge >= 0.3 is 6.03 Å². The number of carbonyl (C=O) groups excluding carboxylic acids is 2. The van der Waals surface area contributed by atoms with Crippen LogP contribution in [0.4, 0.5) is 4.79 Å². The number of hydrogen-bond donors (Lipinski definition) is 2. The molecule has 1 aliphatic heterocycles. The van der Waals surface area contributed by atoms with Gasteiger partial charge in [0.15, 0.2) is 11.5 Å². The normalized spacial score (nSPS) is 18.2. The lowest BCUT2D eigenvalue weighted by Gasteiger charge is -2.23. The number of nitrogens with one attached hydrogen (secondary N) is 1. The lowest BCUT2D eigenvalue weighted by Crippen LogP contribution is -2.40. The lowest BCUT2D eigenvalue weighted by atomic mass is 10.0. The van der Waals surface area contributed by atoms with Crippen molar-refractivity contribution in [1.82, 2.24) is 10.2 Å². The molecule has 0 bridgehead atoms. The molecular formula is C17H25N3O4. The quantitative estimate of drug-likeness (QED) is 0.854. The van der Waals surface area contributed by atoms with Gasteiger partial charge in [-0.25, -0.2) is 4.79 Å². The van der Waals surface area contributed by atoms with Crippen molar-refractivity contribution in [3.05, 3.63) is 23.3 Å². The molecule has 132 valence electrons. The first-order valence-corrected chi connectivity index (χ1v) is 7.94. The molecule has 3 amide bonds. The highest BCUT2D eigenvalue weighted by Crippen LogP contribution is 2.33. The van der Waals surface area contributed by atoms with Crippen molar-refractivity contribution >= 4 is 11.9 Å². The number of ether oxygens (including phenoxy) is 2. The fourth-order valence-corrected chi connectivity index (χ4v) is 2.99. The van der Waals surface area contributed by atoms with Gasteiger partial charge in [0.1, 0.15) is 0 Å². The fourth-order valence-electron chi connectivity index (χ4n) is 2.99. The molecule has 7 nitrogen and oxygen atoms in total. The second-order valence-electron chi connectivity index (χ2n) is 6.07. The van der Waals surface area contributed by atoms with Crippen molar-refractivity contribution in [2.24, 2.45) is 11.7 Å². The minimum absolute atomic E-state index is 0.194. The minimum Gasteiger partial charge on any atom is -0.493 e. The smallest absolute Gasteiger partial charge is 0.317 e. The number of amides is 3. The number of carbonyl (C=O) groups is 2. The molecule has 0 saturated carbocycles. The van der Waals surface area contributed by atoms with Gasteiger partial charge in [-0.2, -0.15) is 0 Å². The molecule has 1 aromatic carbocycles. The third-order valence-electron chi connectivity index (χ3n) is 4.46. The van der Waals surface area contributed by atoms with Gasteiger partial charge in [-0.3, -0.25) is 4.79 Å². The molecule has 3 N–H and O–H groups in total. The third kappa shape index (κ3) is 3.72. The number of methoxy groups -OCH3 is 2. The first-order chi connectivity index (χ1) is 11.4. The van der Waals surface area contributed by atoms with Crippen LogP contribution in [0.15, 0.2) is 12.1 Å². The SMILES string of the molecule is COc1cc(C)c(C(C)NC(=O)N2CCC(C(N)=O)C2)cc1OC. The van der Waals surface area contributed by atoms with E-state index >= 15 is 0 Å². The molecule has 1 fully saturated rings. The number of primary amides is 1. The van der Waals surface area contributed by atoms with Crippen molar-refractivity contribution in [3.8, 4) is 11.5 Å². The number of nitrogens with two attached hydrogens (primary N) is 1. The zero-order chi connectivity index (χ0) is 17.9. The molecule has 0 aromatic heterocycles. The number of hydrogen-bond acceptors (Lipinski definition) is 4. The molecule has 2 unspecified atom stereocenters. The molecule has 1 saturated heterocycles. The van der Waals surface area contributed by atoms with Crippen LogP contribution in [-0.2, 0) is 4.79 Å². The molecule has 7 heteroatoms. The lowest BCUT2D eigenvalue weighted by molar-refractivity contribution is -0.121. The Balaban J connectivity index is 2.08. The van der Waals surface area contributed by atoms with Gasteiger partial charge in [-0.05, 0) is 43.5 Å². The highest BCUT2D eigenvalue weighted by molar-refractivity contribution is 5.80. The van der Waals surface area contributed by atoms with Crippen LogP contribution in [0.25, 0.3) is 0 Å². The van der Waals surface area contributed by atoms with Gasteiger partial charge in [-0.15, -0.1) is 0 Å². The number of rotatable bonds is 5. The van der Waals surface area contributed by atoms with Gasteiger partial charge in [0, 0.05) is 13.1 Å². The average Bonchev–Trinajstić information content (AvgIpc) is 3.04. The van der Waals surface area contributed by atoms with Crippen molar-refractivity contribution in [2.45, 2.75) is 26.3 Å². The Morgan fingerprint density at radius 2 is 1.92 bits per heavy atom. The third-order valence-corrected chi connectivity index (χ3v) is 4.46. The van der Waals surface area contributed by atoms with Gasteiger partial charge < -0.3 is 25.4 Å². The van der Waals surface area contributed by atoms with Crippen LogP contribution < -0.4 is 20.5 Å². The van der Waals surface area contributed by atoms with E-state index in [2.05, 4.69) is 5.32 Å². The van der Waals surface area contributed by atoms with Gasteiger partial charge in [0.25, 0.3) is 0 Å². The Bertz CT molecular complexity index is 633. The second kappa shape index (κ2) is 7.42. The van der Waals surface area contributed by atoms with Gasteiger partial charge in [0.2, 0.25) is 5.91 Å². The Hall–Kier alpha value is -2.44. The molecule has 24 heavy (non-hydrogen) atoms. The summed E-state index contributed by atoms with van der Waals surface area (Å²) in [5, 5.41) is 2.97. The predicted molar refractivity (Wildman–Crippen MR) is 90.1 cm³/mol. The number of likely N-dealkylation sites (tertiary alicyclic amines) is 1. The van der Waals surface area contributed by atoms with Crippen LogP contribution in [0.3, 0.4) is 0 Å². The number of aryl methyl sites for hydroxylation is 1. The highest BCUT2D eigenvalue weighted by atomic mass is 16.5. The van der Waals surface area contributed by atoms with E-state index in [4.69, 9.17) is 15.2 Å². The summed E-state index contributed by atoms with van der Waals surface area (Å²) in [4.78, 5) is 25.2. The van der Waals surface area contributed by atoms with Crippen LogP contribution in [-0.4, -0.2) is 44.1 Å². The van der Waals surface area contributed by atoms with E-state index in [1.807, 2.05) is 26.0 Å². The van der Waals surface area contributed by atoms with E-state index in [1.165, 1.54) is 0 Å². The summed E-state index contributed by atoms with van der Waals surface area (Å²) in [7, 11) is 3.17. The number of nitrogens with zero attached hydrogens (tertiary/aromatic N) is 1. The Morgan fingerprint density at radius 1 is 1.29 bits per heavy atom. The average molecular weight is 335 g/mol. The standard InChI is InChI=1S/C17H25N3O4/c1-10-7-14(23-3)15(24-4)8-13(10)11(2)19-17(22)20-6-5-12(9-20)16(18)21/h7-8,11-12H,5-6,9H2,1-4H3,(H2,18,21)(H,19,22). The maximum atomic E-state index is 12.4. The summed E-state index contributed by atoms with van der Waals surface area (Å²) in [6, 6.07) is 3.36. The molecule has 1 aromatic rings. The topological polar surface area (TPSA) is 93.9 Å². The Labute approximate surface area is 142 Å². The van der Waals surface area contributed by atoms with Gasteiger partial charge in [-0.1, -0.05) is 0 Å². The summed E-state index contributed by atoms with van der Waals surface area (Å²) in [5.74, 6) is 0.665. The predicted octanol–water partition coefficient (Wildman–Crippen LogP) is 1.59. The van der Waals surface area contributed by atoms with Crippen molar-refractivity contribution in [1.29, 1.82) is 0 Å².